The number of amides is 1. The number of hydrogen-bond acceptors (Lipinski definition) is 3. The van der Waals surface area contributed by atoms with Gasteiger partial charge in [-0.3, -0.25) is 9.36 Å². The van der Waals surface area contributed by atoms with Gasteiger partial charge in [0.2, 0.25) is 5.91 Å². The van der Waals surface area contributed by atoms with Crippen LogP contribution in [0.4, 0.5) is 0 Å². The molecule has 0 fully saturated rings. The van der Waals surface area contributed by atoms with Gasteiger partial charge in [-0.1, -0.05) is 36.4 Å². The standard InChI is InChI=1S/C25H23N5O/c31-25(11-5-6-19-16-26-21-8-2-1-7-20(19)21)28-15-18-12-13-24(27-14-18)30-17-29-22-9-3-4-10-23(22)30/h1-4,7-10,12-14,16-17,26H,5-6,11,15H2,(H,28,31). The van der Waals surface area contributed by atoms with Crippen molar-refractivity contribution in [3.63, 3.8) is 0 Å². The summed E-state index contributed by atoms with van der Waals surface area (Å²) in [5.74, 6) is 0.868. The van der Waals surface area contributed by atoms with Gasteiger partial charge in [-0.15, -0.1) is 0 Å². The predicted molar refractivity (Wildman–Crippen MR) is 122 cm³/mol. The van der Waals surface area contributed by atoms with Crippen molar-refractivity contribution in [2.75, 3.05) is 0 Å². The lowest BCUT2D eigenvalue weighted by Gasteiger charge is -2.07. The van der Waals surface area contributed by atoms with Crippen molar-refractivity contribution in [2.24, 2.45) is 0 Å². The van der Waals surface area contributed by atoms with Crippen LogP contribution in [0.15, 0.2) is 79.4 Å². The maximum Gasteiger partial charge on any atom is 0.220 e. The van der Waals surface area contributed by atoms with Crippen LogP contribution in [0.2, 0.25) is 0 Å². The SMILES string of the molecule is O=C(CCCc1c[nH]c2ccccc12)NCc1ccc(-n2cnc3ccccc32)nc1. The fourth-order valence-electron chi connectivity index (χ4n) is 3.87. The van der Waals surface area contributed by atoms with Gasteiger partial charge < -0.3 is 10.3 Å². The largest absolute Gasteiger partial charge is 0.361 e. The van der Waals surface area contributed by atoms with Crippen LogP contribution < -0.4 is 5.32 Å². The van der Waals surface area contributed by atoms with Crippen LogP contribution in [0, 0.1) is 0 Å². The minimum atomic E-state index is 0.0597. The summed E-state index contributed by atoms with van der Waals surface area (Å²) in [5, 5.41) is 4.23. The molecule has 2 N–H and O–H groups in total. The zero-order valence-electron chi connectivity index (χ0n) is 17.1. The Morgan fingerprint density at radius 1 is 1.00 bits per heavy atom. The van der Waals surface area contributed by atoms with Gasteiger partial charge in [-0.2, -0.15) is 0 Å². The average molecular weight is 409 g/mol. The fraction of sp³-hybridized carbons (Fsp3) is 0.160. The molecule has 0 atom stereocenters. The van der Waals surface area contributed by atoms with Gasteiger partial charge in [-0.05, 0) is 48.2 Å². The summed E-state index contributed by atoms with van der Waals surface area (Å²) in [6, 6.07) is 20.2. The number of imidazole rings is 1. The Labute approximate surface area is 180 Å². The van der Waals surface area contributed by atoms with Crippen molar-refractivity contribution >= 4 is 27.8 Å². The summed E-state index contributed by atoms with van der Waals surface area (Å²) in [5.41, 5.74) is 5.33. The Balaban J connectivity index is 1.13. The smallest absolute Gasteiger partial charge is 0.220 e. The zero-order valence-corrected chi connectivity index (χ0v) is 17.1. The molecule has 0 saturated heterocycles. The first-order valence-corrected chi connectivity index (χ1v) is 10.5. The number of nitrogens with zero attached hydrogens (tertiary/aromatic N) is 3. The van der Waals surface area contributed by atoms with Crippen molar-refractivity contribution in [1.29, 1.82) is 0 Å². The Kier molecular flexibility index (Phi) is 5.19. The Bertz CT molecular complexity index is 1330. The lowest BCUT2D eigenvalue weighted by atomic mass is 10.1. The van der Waals surface area contributed by atoms with Gasteiger partial charge in [0.15, 0.2) is 0 Å². The summed E-state index contributed by atoms with van der Waals surface area (Å²) in [7, 11) is 0. The molecule has 0 unspecified atom stereocenters. The number of rotatable bonds is 7. The topological polar surface area (TPSA) is 75.6 Å². The third-order valence-corrected chi connectivity index (χ3v) is 5.52. The molecule has 0 saturated carbocycles. The molecule has 0 radical (unpaired) electrons. The Hall–Kier alpha value is -3.93. The molecule has 5 aromatic rings. The molecule has 0 aliphatic rings. The van der Waals surface area contributed by atoms with E-state index in [1.54, 1.807) is 12.5 Å². The van der Waals surface area contributed by atoms with E-state index in [1.165, 1.54) is 10.9 Å². The Morgan fingerprint density at radius 2 is 1.87 bits per heavy atom. The van der Waals surface area contributed by atoms with Crippen LogP contribution in [0.25, 0.3) is 27.8 Å². The molecular weight excluding hydrogens is 386 g/mol. The van der Waals surface area contributed by atoms with E-state index in [0.29, 0.717) is 13.0 Å². The van der Waals surface area contributed by atoms with E-state index in [-0.39, 0.29) is 5.91 Å². The van der Waals surface area contributed by atoms with Gasteiger partial charge in [0.1, 0.15) is 12.1 Å². The molecule has 6 nitrogen and oxygen atoms in total. The molecule has 0 spiro atoms. The molecule has 2 aromatic carbocycles. The summed E-state index contributed by atoms with van der Waals surface area (Å²) < 4.78 is 1.96. The fourth-order valence-corrected chi connectivity index (χ4v) is 3.87. The highest BCUT2D eigenvalue weighted by atomic mass is 16.1. The number of nitrogens with one attached hydrogen (secondary N) is 2. The molecule has 0 aliphatic heterocycles. The van der Waals surface area contributed by atoms with E-state index < -0.39 is 0 Å². The number of carbonyl (C=O) groups excluding carboxylic acids is 1. The summed E-state index contributed by atoms with van der Waals surface area (Å²) >= 11 is 0. The van der Waals surface area contributed by atoms with Gasteiger partial charge >= 0.3 is 0 Å². The van der Waals surface area contributed by atoms with E-state index in [1.807, 2.05) is 59.3 Å². The monoisotopic (exact) mass is 409 g/mol. The second kappa shape index (κ2) is 8.44. The van der Waals surface area contributed by atoms with Crippen molar-refractivity contribution in [1.82, 2.24) is 24.8 Å². The maximum absolute atomic E-state index is 12.3. The number of fused-ring (bicyclic) bond motifs is 2. The third kappa shape index (κ3) is 4.05. The van der Waals surface area contributed by atoms with Crippen molar-refractivity contribution in [3.05, 3.63) is 90.5 Å². The minimum absolute atomic E-state index is 0.0597. The van der Waals surface area contributed by atoms with Crippen molar-refractivity contribution < 1.29 is 4.79 Å². The van der Waals surface area contributed by atoms with Crippen LogP contribution >= 0.6 is 0 Å². The molecule has 6 heteroatoms. The van der Waals surface area contributed by atoms with Crippen LogP contribution in [0.1, 0.15) is 24.0 Å². The van der Waals surface area contributed by atoms with Crippen LogP contribution in [-0.2, 0) is 17.8 Å². The lowest BCUT2D eigenvalue weighted by Crippen LogP contribution is -2.22. The quantitative estimate of drug-likeness (QED) is 0.414. The number of hydrogen-bond donors (Lipinski definition) is 2. The number of H-pyrrole nitrogens is 1. The number of carbonyl (C=O) groups is 1. The van der Waals surface area contributed by atoms with E-state index in [9.17, 15) is 4.79 Å². The number of para-hydroxylation sites is 3. The van der Waals surface area contributed by atoms with Crippen molar-refractivity contribution in [2.45, 2.75) is 25.8 Å². The highest BCUT2D eigenvalue weighted by Gasteiger charge is 2.07. The van der Waals surface area contributed by atoms with Crippen LogP contribution in [0.3, 0.4) is 0 Å². The first kappa shape index (κ1) is 19.1. The number of aromatic nitrogens is 4. The molecule has 31 heavy (non-hydrogen) atoms. The second-order valence-corrected chi connectivity index (χ2v) is 7.62. The lowest BCUT2D eigenvalue weighted by molar-refractivity contribution is -0.121. The van der Waals surface area contributed by atoms with Gasteiger partial charge in [-0.25, -0.2) is 9.97 Å². The molecule has 3 aromatic heterocycles. The molecule has 3 heterocycles. The first-order valence-electron chi connectivity index (χ1n) is 10.5. The minimum Gasteiger partial charge on any atom is -0.361 e. The van der Waals surface area contributed by atoms with Crippen molar-refractivity contribution in [3.8, 4) is 5.82 Å². The molecular formula is C25H23N5O. The van der Waals surface area contributed by atoms with Crippen LogP contribution in [0.5, 0.6) is 0 Å². The zero-order chi connectivity index (χ0) is 21.0. The highest BCUT2D eigenvalue weighted by molar-refractivity contribution is 5.83. The van der Waals surface area contributed by atoms with E-state index in [2.05, 4.69) is 32.4 Å². The molecule has 1 amide bonds. The van der Waals surface area contributed by atoms with Gasteiger partial charge in [0, 0.05) is 36.3 Å². The molecule has 5 rings (SSSR count). The summed E-state index contributed by atoms with van der Waals surface area (Å²) in [6.07, 6.45) is 7.83. The summed E-state index contributed by atoms with van der Waals surface area (Å²) in [6.45, 7) is 0.476. The number of aryl methyl sites for hydroxylation is 1. The third-order valence-electron chi connectivity index (χ3n) is 5.52. The molecule has 154 valence electrons. The second-order valence-electron chi connectivity index (χ2n) is 7.62. The average Bonchev–Trinajstić information content (AvgIpc) is 3.43. The van der Waals surface area contributed by atoms with Gasteiger partial charge in [0.25, 0.3) is 0 Å². The maximum atomic E-state index is 12.3. The predicted octanol–water partition coefficient (Wildman–Crippen LogP) is 4.54. The highest BCUT2D eigenvalue weighted by Crippen LogP contribution is 2.19. The molecule has 0 bridgehead atoms. The number of benzene rings is 2. The Morgan fingerprint density at radius 3 is 2.77 bits per heavy atom. The van der Waals surface area contributed by atoms with E-state index >= 15 is 0 Å². The number of aromatic amines is 1. The number of pyridine rings is 1. The molecule has 0 aliphatic carbocycles. The van der Waals surface area contributed by atoms with Gasteiger partial charge in [0.05, 0.1) is 11.0 Å². The van der Waals surface area contributed by atoms with Crippen LogP contribution in [-0.4, -0.2) is 25.4 Å². The van der Waals surface area contributed by atoms with E-state index in [4.69, 9.17) is 0 Å². The first-order chi connectivity index (χ1) is 15.3. The summed E-state index contributed by atoms with van der Waals surface area (Å²) in [4.78, 5) is 24.5. The normalized spacial score (nSPS) is 11.2. The van der Waals surface area contributed by atoms with E-state index in [0.717, 1.165) is 40.8 Å².